The molecule has 1 fully saturated rings. The second kappa shape index (κ2) is 8.32. The minimum absolute atomic E-state index is 0.0231. The van der Waals surface area contributed by atoms with Crippen molar-refractivity contribution in [3.8, 4) is 0 Å². The number of carboxylic acids is 1. The smallest absolute Gasteiger partial charge is 0.329 e. The number of hydrogen-bond donors (Lipinski definition) is 3. The molecule has 1 saturated heterocycles. The Morgan fingerprint density at radius 3 is 2.54 bits per heavy atom. The van der Waals surface area contributed by atoms with Crippen LogP contribution in [0.1, 0.15) is 39.5 Å². The van der Waals surface area contributed by atoms with E-state index in [2.05, 4.69) is 10.6 Å². The van der Waals surface area contributed by atoms with E-state index in [4.69, 9.17) is 5.11 Å². The molecule has 1 aromatic carbocycles. The predicted octanol–water partition coefficient (Wildman–Crippen LogP) is 1.93. The summed E-state index contributed by atoms with van der Waals surface area (Å²) in [4.78, 5) is 47.8. The molecule has 3 N–H and O–H groups in total. The van der Waals surface area contributed by atoms with E-state index < -0.39 is 47.0 Å². The lowest BCUT2D eigenvalue weighted by atomic mass is 9.98. The summed E-state index contributed by atoms with van der Waals surface area (Å²) in [6, 6.07) is 0.601. The number of carbonyl (C=O) groups is 4. The number of aliphatic carboxylic acids is 1. The lowest BCUT2D eigenvalue weighted by molar-refractivity contribution is -0.138. The van der Waals surface area contributed by atoms with Gasteiger partial charge in [-0.3, -0.25) is 14.4 Å². The fraction of sp³-hybridized carbons (Fsp3) is 0.444. The molecular formula is C18H21F2N3O5. The molecule has 0 spiro atoms. The fourth-order valence-electron chi connectivity index (χ4n) is 2.81. The first-order chi connectivity index (χ1) is 13.0. The van der Waals surface area contributed by atoms with Gasteiger partial charge in [0, 0.05) is 24.4 Å². The van der Waals surface area contributed by atoms with Gasteiger partial charge in [-0.15, -0.1) is 0 Å². The summed E-state index contributed by atoms with van der Waals surface area (Å²) in [5, 5.41) is 13.8. The van der Waals surface area contributed by atoms with E-state index in [1.807, 2.05) is 0 Å². The van der Waals surface area contributed by atoms with Crippen LogP contribution < -0.4 is 15.5 Å². The summed E-state index contributed by atoms with van der Waals surface area (Å²) >= 11 is 0. The number of amides is 4. The van der Waals surface area contributed by atoms with Crippen LogP contribution in [0.5, 0.6) is 0 Å². The number of anilines is 1. The summed E-state index contributed by atoms with van der Waals surface area (Å²) in [6.07, 6.45) is -0.00884. The van der Waals surface area contributed by atoms with Gasteiger partial charge in [0.25, 0.3) is 5.91 Å². The highest BCUT2D eigenvalue weighted by molar-refractivity contribution is 6.21. The van der Waals surface area contributed by atoms with Crippen molar-refractivity contribution in [1.82, 2.24) is 10.6 Å². The van der Waals surface area contributed by atoms with Gasteiger partial charge < -0.3 is 15.7 Å². The van der Waals surface area contributed by atoms with Gasteiger partial charge >= 0.3 is 12.0 Å². The van der Waals surface area contributed by atoms with Crippen LogP contribution in [0.4, 0.5) is 19.3 Å². The highest BCUT2D eigenvalue weighted by atomic mass is 19.1. The molecule has 1 aromatic rings. The maximum absolute atomic E-state index is 13.9. The van der Waals surface area contributed by atoms with Crippen LogP contribution in [0, 0.1) is 11.6 Å². The number of rotatable bonds is 8. The highest BCUT2D eigenvalue weighted by Crippen LogP contribution is 2.25. The molecule has 0 aliphatic carbocycles. The number of nitrogens with zero attached hydrogens (tertiary/aromatic N) is 1. The van der Waals surface area contributed by atoms with Crippen LogP contribution in [0.2, 0.25) is 0 Å². The Hall–Kier alpha value is -3.04. The molecule has 28 heavy (non-hydrogen) atoms. The second-order valence-electron chi connectivity index (χ2n) is 7.14. The number of imide groups is 1. The quantitative estimate of drug-likeness (QED) is 0.580. The van der Waals surface area contributed by atoms with E-state index in [9.17, 15) is 28.0 Å². The summed E-state index contributed by atoms with van der Waals surface area (Å²) in [6.45, 7) is 3.35. The summed E-state index contributed by atoms with van der Waals surface area (Å²) in [5.41, 5.74) is -1.12. The van der Waals surface area contributed by atoms with Crippen molar-refractivity contribution in [2.24, 2.45) is 0 Å². The molecule has 1 atom stereocenters. The summed E-state index contributed by atoms with van der Waals surface area (Å²) in [7, 11) is 0. The number of carboxylic acid groups (broad SMARTS) is 1. The van der Waals surface area contributed by atoms with Gasteiger partial charge in [-0.25, -0.2) is 18.5 Å². The van der Waals surface area contributed by atoms with E-state index in [0.717, 1.165) is 12.1 Å². The monoisotopic (exact) mass is 397 g/mol. The lowest BCUT2D eigenvalue weighted by Gasteiger charge is -2.25. The molecule has 0 unspecified atom stereocenters. The van der Waals surface area contributed by atoms with Crippen molar-refractivity contribution in [3.63, 3.8) is 0 Å². The zero-order valence-electron chi connectivity index (χ0n) is 15.4. The first-order valence-electron chi connectivity index (χ1n) is 8.62. The third-order valence-corrected chi connectivity index (χ3v) is 4.27. The molecule has 10 heteroatoms. The Morgan fingerprint density at radius 1 is 1.25 bits per heavy atom. The van der Waals surface area contributed by atoms with Crippen LogP contribution >= 0.6 is 0 Å². The highest BCUT2D eigenvalue weighted by Gasteiger charge is 2.40. The Labute approximate surface area is 159 Å². The zero-order valence-corrected chi connectivity index (χ0v) is 15.4. The van der Waals surface area contributed by atoms with Crippen molar-refractivity contribution in [2.75, 3.05) is 4.90 Å². The number of benzene rings is 1. The van der Waals surface area contributed by atoms with Gasteiger partial charge in [-0.2, -0.15) is 0 Å². The molecule has 0 saturated carbocycles. The number of hydrogen-bond acceptors (Lipinski definition) is 4. The fourth-order valence-corrected chi connectivity index (χ4v) is 2.81. The Bertz CT molecular complexity index is 812. The third kappa shape index (κ3) is 5.24. The van der Waals surface area contributed by atoms with Crippen molar-refractivity contribution < 1.29 is 33.1 Å². The van der Waals surface area contributed by atoms with Gasteiger partial charge in [0.2, 0.25) is 5.91 Å². The number of halogens is 2. The van der Waals surface area contributed by atoms with Gasteiger partial charge in [0.15, 0.2) is 0 Å². The van der Waals surface area contributed by atoms with E-state index in [1.54, 1.807) is 13.8 Å². The predicted molar refractivity (Wildman–Crippen MR) is 94.5 cm³/mol. The van der Waals surface area contributed by atoms with Crippen molar-refractivity contribution >= 4 is 29.5 Å². The van der Waals surface area contributed by atoms with Crippen LogP contribution in [0.25, 0.3) is 0 Å². The molecule has 1 heterocycles. The summed E-state index contributed by atoms with van der Waals surface area (Å²) in [5.74, 6) is -4.03. The van der Waals surface area contributed by atoms with E-state index >= 15 is 0 Å². The van der Waals surface area contributed by atoms with Crippen molar-refractivity contribution in [1.29, 1.82) is 0 Å². The Morgan fingerprint density at radius 2 is 1.93 bits per heavy atom. The average Bonchev–Trinajstić information content (AvgIpc) is 2.85. The van der Waals surface area contributed by atoms with Crippen molar-refractivity contribution in [3.05, 3.63) is 29.8 Å². The molecule has 0 radical (unpaired) electrons. The molecular weight excluding hydrogens is 376 g/mol. The minimum Gasteiger partial charge on any atom is -0.481 e. The van der Waals surface area contributed by atoms with Gasteiger partial charge in [0.1, 0.15) is 17.7 Å². The van der Waals surface area contributed by atoms with Gasteiger partial charge in [0.05, 0.1) is 5.69 Å². The van der Waals surface area contributed by atoms with Crippen molar-refractivity contribution in [2.45, 2.75) is 51.1 Å². The van der Waals surface area contributed by atoms with Crippen LogP contribution in [-0.2, 0) is 14.4 Å². The molecule has 1 aliphatic rings. The lowest BCUT2D eigenvalue weighted by Crippen LogP contribution is -2.44. The van der Waals surface area contributed by atoms with Crippen LogP contribution in [0.3, 0.4) is 0 Å². The van der Waals surface area contributed by atoms with Crippen LogP contribution in [0.15, 0.2) is 18.2 Å². The Kier molecular flexibility index (Phi) is 6.32. The Balaban J connectivity index is 1.95. The molecule has 1 aliphatic heterocycles. The summed E-state index contributed by atoms with van der Waals surface area (Å²) < 4.78 is 26.9. The molecule has 8 nitrogen and oxygen atoms in total. The SMILES string of the molecule is CC(C)(CCC(=O)O)NC(=O)CC[C@@H]1NC(=O)N(c2ccc(F)cc2F)C1=O. The second-order valence-corrected chi connectivity index (χ2v) is 7.14. The number of carbonyl (C=O) groups excluding carboxylic acids is 3. The van der Waals surface area contributed by atoms with E-state index in [1.165, 1.54) is 0 Å². The standard InChI is InChI=1S/C18H21F2N3O5/c1-18(2,8-7-15(25)26)22-14(24)6-4-12-16(27)23(17(28)21-12)13-5-3-10(19)9-11(13)20/h3,5,9,12H,4,6-8H2,1-2H3,(H,21,28)(H,22,24)(H,25,26)/t12-/m0/s1. The largest absolute Gasteiger partial charge is 0.481 e. The topological polar surface area (TPSA) is 116 Å². The molecule has 0 bridgehead atoms. The normalized spacial score (nSPS) is 16.9. The zero-order chi connectivity index (χ0) is 21.1. The molecule has 0 aromatic heterocycles. The minimum atomic E-state index is -1.05. The first kappa shape index (κ1) is 21.3. The average molecular weight is 397 g/mol. The van der Waals surface area contributed by atoms with Crippen LogP contribution in [-0.4, -0.2) is 40.5 Å². The maximum atomic E-state index is 13.9. The number of urea groups is 1. The third-order valence-electron chi connectivity index (χ3n) is 4.27. The van der Waals surface area contributed by atoms with E-state index in [0.29, 0.717) is 11.0 Å². The first-order valence-corrected chi connectivity index (χ1v) is 8.62. The molecule has 2 rings (SSSR count). The van der Waals surface area contributed by atoms with Gasteiger partial charge in [-0.1, -0.05) is 0 Å². The maximum Gasteiger partial charge on any atom is 0.329 e. The molecule has 4 amide bonds. The van der Waals surface area contributed by atoms with Gasteiger partial charge in [-0.05, 0) is 38.8 Å². The number of nitrogens with one attached hydrogen (secondary N) is 2. The molecule has 152 valence electrons. The van der Waals surface area contributed by atoms with E-state index in [-0.39, 0.29) is 31.4 Å².